The summed E-state index contributed by atoms with van der Waals surface area (Å²) in [7, 11) is 1.27. The fourth-order valence-electron chi connectivity index (χ4n) is 2.24. The maximum atomic E-state index is 12.7. The lowest BCUT2D eigenvalue weighted by Gasteiger charge is -2.21. The molecule has 146 valence electrons. The standard InChI is InChI=1S/C18H22BrN3O5/c1-3-26-10-4-9-22(11-16-21-15(12-27-16)17(23)25-2)18(24)20-14-7-5-13(19)6-8-14/h5-8,12H,3-4,9-11H2,1-2H3,(H,20,24). The molecule has 0 aliphatic carbocycles. The van der Waals surface area contributed by atoms with Gasteiger partial charge in [-0.1, -0.05) is 15.9 Å². The Morgan fingerprint density at radius 3 is 2.70 bits per heavy atom. The third-order valence-corrected chi connectivity index (χ3v) is 4.10. The molecule has 0 saturated carbocycles. The molecule has 27 heavy (non-hydrogen) atoms. The number of anilines is 1. The lowest BCUT2D eigenvalue weighted by Crippen LogP contribution is -2.35. The van der Waals surface area contributed by atoms with Gasteiger partial charge in [0.25, 0.3) is 0 Å². The largest absolute Gasteiger partial charge is 0.464 e. The molecule has 0 bridgehead atoms. The minimum Gasteiger partial charge on any atom is -0.464 e. The van der Waals surface area contributed by atoms with Gasteiger partial charge in [0.2, 0.25) is 5.89 Å². The first-order chi connectivity index (χ1) is 13.0. The van der Waals surface area contributed by atoms with Gasteiger partial charge in [-0.3, -0.25) is 0 Å². The van der Waals surface area contributed by atoms with Crippen molar-refractivity contribution in [2.24, 2.45) is 0 Å². The van der Waals surface area contributed by atoms with Gasteiger partial charge in [0.1, 0.15) is 6.26 Å². The molecular weight excluding hydrogens is 418 g/mol. The summed E-state index contributed by atoms with van der Waals surface area (Å²) in [6.45, 7) is 3.63. The Labute approximate surface area is 166 Å². The number of oxazole rings is 1. The van der Waals surface area contributed by atoms with Crippen LogP contribution in [0.25, 0.3) is 0 Å². The Morgan fingerprint density at radius 2 is 2.04 bits per heavy atom. The number of amides is 2. The second-order valence-electron chi connectivity index (χ2n) is 5.53. The first kappa shape index (κ1) is 20.9. The molecule has 8 nitrogen and oxygen atoms in total. The van der Waals surface area contributed by atoms with Crippen LogP contribution >= 0.6 is 15.9 Å². The van der Waals surface area contributed by atoms with Crippen molar-refractivity contribution in [1.82, 2.24) is 9.88 Å². The number of hydrogen-bond acceptors (Lipinski definition) is 6. The average Bonchev–Trinajstić information content (AvgIpc) is 3.14. The zero-order chi connectivity index (χ0) is 19.6. The van der Waals surface area contributed by atoms with E-state index < -0.39 is 5.97 Å². The molecule has 0 saturated heterocycles. The fraction of sp³-hybridized carbons (Fsp3) is 0.389. The first-order valence-corrected chi connectivity index (χ1v) is 9.24. The number of carbonyl (C=O) groups excluding carboxylic acids is 2. The summed E-state index contributed by atoms with van der Waals surface area (Å²) < 4.78 is 16.2. The molecule has 1 heterocycles. The summed E-state index contributed by atoms with van der Waals surface area (Å²) in [5.41, 5.74) is 0.732. The van der Waals surface area contributed by atoms with E-state index in [4.69, 9.17) is 9.15 Å². The van der Waals surface area contributed by atoms with Crippen LogP contribution in [0.3, 0.4) is 0 Å². The third kappa shape index (κ3) is 6.69. The van der Waals surface area contributed by atoms with Crippen LogP contribution in [0.5, 0.6) is 0 Å². The van der Waals surface area contributed by atoms with Gasteiger partial charge in [0, 0.05) is 29.9 Å². The van der Waals surface area contributed by atoms with Gasteiger partial charge in [-0.15, -0.1) is 0 Å². The Bertz CT molecular complexity index is 748. The first-order valence-electron chi connectivity index (χ1n) is 8.45. The lowest BCUT2D eigenvalue weighted by molar-refractivity contribution is 0.0594. The van der Waals surface area contributed by atoms with Crippen LogP contribution in [-0.4, -0.2) is 48.8 Å². The summed E-state index contributed by atoms with van der Waals surface area (Å²) >= 11 is 3.36. The Kier molecular flexibility index (Phi) is 8.28. The number of nitrogens with zero attached hydrogens (tertiary/aromatic N) is 2. The number of halogens is 1. The smallest absolute Gasteiger partial charge is 0.360 e. The van der Waals surface area contributed by atoms with E-state index in [2.05, 4.69) is 31.0 Å². The summed E-state index contributed by atoms with van der Waals surface area (Å²) in [5, 5.41) is 2.84. The number of aromatic nitrogens is 1. The van der Waals surface area contributed by atoms with Gasteiger partial charge >= 0.3 is 12.0 Å². The number of carbonyl (C=O) groups is 2. The quantitative estimate of drug-likeness (QED) is 0.472. The maximum absolute atomic E-state index is 12.7. The highest BCUT2D eigenvalue weighted by molar-refractivity contribution is 9.10. The molecule has 2 rings (SSSR count). The van der Waals surface area contributed by atoms with Gasteiger partial charge in [0.15, 0.2) is 5.69 Å². The molecule has 0 aliphatic heterocycles. The van der Waals surface area contributed by atoms with E-state index in [1.54, 1.807) is 17.0 Å². The molecule has 0 aliphatic rings. The van der Waals surface area contributed by atoms with E-state index in [-0.39, 0.29) is 24.2 Å². The number of methoxy groups -OCH3 is 1. The number of rotatable bonds is 9. The van der Waals surface area contributed by atoms with E-state index in [1.807, 2.05) is 19.1 Å². The summed E-state index contributed by atoms with van der Waals surface area (Å²) in [6, 6.07) is 6.96. The van der Waals surface area contributed by atoms with Gasteiger partial charge in [-0.2, -0.15) is 0 Å². The average molecular weight is 440 g/mol. The van der Waals surface area contributed by atoms with Crippen molar-refractivity contribution in [3.63, 3.8) is 0 Å². The molecular formula is C18H22BrN3O5. The van der Waals surface area contributed by atoms with Crippen LogP contribution in [0.15, 0.2) is 39.4 Å². The molecule has 1 aromatic heterocycles. The molecule has 1 N–H and O–H groups in total. The summed E-state index contributed by atoms with van der Waals surface area (Å²) in [5.74, 6) is -0.343. The van der Waals surface area contributed by atoms with Crippen molar-refractivity contribution in [3.8, 4) is 0 Å². The van der Waals surface area contributed by atoms with Crippen LogP contribution in [-0.2, 0) is 16.0 Å². The van der Waals surface area contributed by atoms with Crippen LogP contribution in [0.1, 0.15) is 29.7 Å². The normalized spacial score (nSPS) is 10.5. The van der Waals surface area contributed by atoms with Crippen LogP contribution in [0.2, 0.25) is 0 Å². The highest BCUT2D eigenvalue weighted by Gasteiger charge is 2.19. The van der Waals surface area contributed by atoms with Crippen LogP contribution in [0, 0.1) is 0 Å². The van der Waals surface area contributed by atoms with E-state index >= 15 is 0 Å². The number of hydrogen-bond donors (Lipinski definition) is 1. The molecule has 0 fully saturated rings. The number of benzene rings is 1. The minimum absolute atomic E-state index is 0.0649. The van der Waals surface area contributed by atoms with Gasteiger partial charge in [0.05, 0.1) is 13.7 Å². The minimum atomic E-state index is -0.591. The Balaban J connectivity index is 2.04. The molecule has 2 amide bonds. The Morgan fingerprint density at radius 1 is 1.30 bits per heavy atom. The third-order valence-electron chi connectivity index (χ3n) is 3.58. The maximum Gasteiger partial charge on any atom is 0.360 e. The molecule has 2 aromatic rings. The van der Waals surface area contributed by atoms with Gasteiger partial charge < -0.3 is 24.1 Å². The second kappa shape index (κ2) is 10.7. The van der Waals surface area contributed by atoms with Crippen molar-refractivity contribution in [3.05, 3.63) is 46.6 Å². The molecule has 0 radical (unpaired) electrons. The highest BCUT2D eigenvalue weighted by Crippen LogP contribution is 2.15. The van der Waals surface area contributed by atoms with Gasteiger partial charge in [-0.25, -0.2) is 14.6 Å². The summed E-state index contributed by atoms with van der Waals surface area (Å²) in [6.07, 6.45) is 1.87. The van der Waals surface area contributed by atoms with Crippen molar-refractivity contribution in [1.29, 1.82) is 0 Å². The molecule has 1 aromatic carbocycles. The van der Waals surface area contributed by atoms with Crippen molar-refractivity contribution >= 4 is 33.6 Å². The number of nitrogens with one attached hydrogen (secondary N) is 1. The molecule has 0 unspecified atom stereocenters. The van der Waals surface area contributed by atoms with Crippen LogP contribution in [0.4, 0.5) is 10.5 Å². The zero-order valence-electron chi connectivity index (χ0n) is 15.2. The predicted octanol–water partition coefficient (Wildman–Crippen LogP) is 3.68. The SMILES string of the molecule is CCOCCCN(Cc1nc(C(=O)OC)co1)C(=O)Nc1ccc(Br)cc1. The molecule has 9 heteroatoms. The number of urea groups is 1. The van der Waals surface area contributed by atoms with Crippen molar-refractivity contribution < 1.29 is 23.5 Å². The van der Waals surface area contributed by atoms with E-state index in [9.17, 15) is 9.59 Å². The zero-order valence-corrected chi connectivity index (χ0v) is 16.8. The number of ether oxygens (including phenoxy) is 2. The van der Waals surface area contributed by atoms with Crippen LogP contribution < -0.4 is 5.32 Å². The molecule has 0 atom stereocenters. The number of esters is 1. The molecule has 0 spiro atoms. The van der Waals surface area contributed by atoms with E-state index in [0.717, 1.165) is 4.47 Å². The van der Waals surface area contributed by atoms with E-state index in [0.29, 0.717) is 31.9 Å². The Hall–Kier alpha value is -2.39. The van der Waals surface area contributed by atoms with Crippen molar-refractivity contribution in [2.75, 3.05) is 32.2 Å². The monoisotopic (exact) mass is 439 g/mol. The predicted molar refractivity (Wildman–Crippen MR) is 103 cm³/mol. The summed E-state index contributed by atoms with van der Waals surface area (Å²) in [4.78, 5) is 29.8. The van der Waals surface area contributed by atoms with Gasteiger partial charge in [-0.05, 0) is 37.6 Å². The fourth-order valence-corrected chi connectivity index (χ4v) is 2.50. The second-order valence-corrected chi connectivity index (χ2v) is 6.44. The topological polar surface area (TPSA) is 93.9 Å². The lowest BCUT2D eigenvalue weighted by atomic mass is 10.3. The highest BCUT2D eigenvalue weighted by atomic mass is 79.9. The van der Waals surface area contributed by atoms with E-state index in [1.165, 1.54) is 13.4 Å². The van der Waals surface area contributed by atoms with Crippen molar-refractivity contribution in [2.45, 2.75) is 19.9 Å².